The van der Waals surface area contributed by atoms with Crippen molar-refractivity contribution in [2.75, 3.05) is 6.54 Å². The minimum Gasteiger partial charge on any atom is -0.331 e. The first-order valence-electron chi connectivity index (χ1n) is 7.71. The van der Waals surface area contributed by atoms with Crippen LogP contribution in [-0.2, 0) is 25.9 Å². The molecule has 0 amide bonds. The minimum atomic E-state index is 0.352. The Morgan fingerprint density at radius 2 is 2.11 bits per heavy atom. The Hall–Kier alpha value is -0.830. The van der Waals surface area contributed by atoms with E-state index >= 15 is 0 Å². The van der Waals surface area contributed by atoms with Crippen LogP contribution in [0.3, 0.4) is 0 Å². The number of nitrogens with one attached hydrogen (secondary N) is 1. The average Bonchev–Trinajstić information content (AvgIpc) is 2.66. The first-order valence-corrected chi connectivity index (χ1v) is 7.71. The van der Waals surface area contributed by atoms with Crippen LogP contribution in [0.4, 0.5) is 0 Å². The zero-order chi connectivity index (χ0) is 14.0. The van der Waals surface area contributed by atoms with Gasteiger partial charge in [0.1, 0.15) is 5.82 Å². The summed E-state index contributed by atoms with van der Waals surface area (Å²) in [5.41, 5.74) is 3.12. The van der Waals surface area contributed by atoms with Crippen molar-refractivity contribution in [1.82, 2.24) is 14.9 Å². The molecule has 0 fully saturated rings. The molecular formula is C16H29N3. The quantitative estimate of drug-likeness (QED) is 0.884. The predicted molar refractivity (Wildman–Crippen MR) is 80.3 cm³/mol. The van der Waals surface area contributed by atoms with Crippen LogP contribution in [0.2, 0.25) is 0 Å². The monoisotopic (exact) mass is 263 g/mol. The van der Waals surface area contributed by atoms with Gasteiger partial charge in [-0.1, -0.05) is 34.6 Å². The fourth-order valence-corrected chi connectivity index (χ4v) is 2.67. The highest BCUT2D eigenvalue weighted by Gasteiger charge is 2.24. The molecule has 2 heterocycles. The van der Waals surface area contributed by atoms with Crippen LogP contribution in [0.1, 0.15) is 58.3 Å². The molecule has 0 atom stereocenters. The number of fused-ring (bicyclic) bond motifs is 1. The third-order valence-electron chi connectivity index (χ3n) is 4.20. The van der Waals surface area contributed by atoms with Gasteiger partial charge in [0.05, 0.1) is 5.69 Å². The molecule has 3 nitrogen and oxygen atoms in total. The van der Waals surface area contributed by atoms with Crippen molar-refractivity contribution < 1.29 is 0 Å². The smallest absolute Gasteiger partial charge is 0.109 e. The van der Waals surface area contributed by atoms with Gasteiger partial charge in [-0.2, -0.15) is 0 Å². The summed E-state index contributed by atoms with van der Waals surface area (Å²) < 4.78 is 2.53. The summed E-state index contributed by atoms with van der Waals surface area (Å²) in [4.78, 5) is 4.91. The van der Waals surface area contributed by atoms with Gasteiger partial charge in [-0.05, 0) is 17.8 Å². The number of aromatic nitrogens is 2. The summed E-state index contributed by atoms with van der Waals surface area (Å²) in [5, 5.41) is 3.44. The molecule has 2 rings (SSSR count). The van der Waals surface area contributed by atoms with Crippen LogP contribution in [0.5, 0.6) is 0 Å². The molecule has 108 valence electrons. The van der Waals surface area contributed by atoms with E-state index in [4.69, 9.17) is 4.98 Å². The average molecular weight is 263 g/mol. The first-order chi connectivity index (χ1) is 8.93. The number of hydrogen-bond acceptors (Lipinski definition) is 2. The normalized spacial score (nSPS) is 15.9. The Bertz CT molecular complexity index is 429. The summed E-state index contributed by atoms with van der Waals surface area (Å²) in [6, 6.07) is 0. The lowest BCUT2D eigenvalue weighted by Gasteiger charge is -2.27. The second-order valence-corrected chi connectivity index (χ2v) is 7.05. The van der Waals surface area contributed by atoms with E-state index in [1.165, 1.54) is 23.6 Å². The molecule has 0 unspecified atom stereocenters. The van der Waals surface area contributed by atoms with Crippen LogP contribution in [0.25, 0.3) is 0 Å². The van der Waals surface area contributed by atoms with E-state index in [-0.39, 0.29) is 0 Å². The zero-order valence-corrected chi connectivity index (χ0v) is 13.2. The van der Waals surface area contributed by atoms with Crippen molar-refractivity contribution in [2.24, 2.45) is 11.3 Å². The standard InChI is InChI=1S/C16H29N3/c1-6-16(4,5)11-19-14-7-8-17-10-13(14)18-15(19)9-12(2)3/h12,17H,6-11H2,1-5H3. The summed E-state index contributed by atoms with van der Waals surface area (Å²) in [5.74, 6) is 1.96. The largest absolute Gasteiger partial charge is 0.331 e. The Morgan fingerprint density at radius 1 is 1.37 bits per heavy atom. The highest BCUT2D eigenvalue weighted by atomic mass is 15.1. The molecular weight excluding hydrogens is 234 g/mol. The van der Waals surface area contributed by atoms with E-state index in [2.05, 4.69) is 44.5 Å². The molecule has 0 saturated carbocycles. The number of imidazole rings is 1. The SMILES string of the molecule is CCC(C)(C)Cn1c(CC(C)C)nc2c1CCNC2. The van der Waals surface area contributed by atoms with E-state index in [1.54, 1.807) is 0 Å². The second-order valence-electron chi connectivity index (χ2n) is 7.05. The Balaban J connectivity index is 2.34. The van der Waals surface area contributed by atoms with E-state index in [9.17, 15) is 0 Å². The van der Waals surface area contributed by atoms with Crippen LogP contribution < -0.4 is 5.32 Å². The van der Waals surface area contributed by atoms with Crippen LogP contribution in [0.15, 0.2) is 0 Å². The van der Waals surface area contributed by atoms with Gasteiger partial charge in [-0.25, -0.2) is 4.98 Å². The van der Waals surface area contributed by atoms with Crippen molar-refractivity contribution >= 4 is 0 Å². The molecule has 19 heavy (non-hydrogen) atoms. The third kappa shape index (κ3) is 3.38. The number of rotatable bonds is 5. The van der Waals surface area contributed by atoms with E-state index in [0.29, 0.717) is 11.3 Å². The molecule has 1 aromatic heterocycles. The second kappa shape index (κ2) is 5.66. The molecule has 0 bridgehead atoms. The van der Waals surface area contributed by atoms with Gasteiger partial charge in [-0.3, -0.25) is 0 Å². The van der Waals surface area contributed by atoms with Gasteiger partial charge in [-0.15, -0.1) is 0 Å². The lowest BCUT2D eigenvalue weighted by atomic mass is 9.90. The molecule has 0 saturated heterocycles. The maximum absolute atomic E-state index is 4.91. The van der Waals surface area contributed by atoms with E-state index < -0.39 is 0 Å². The van der Waals surface area contributed by atoms with Gasteiger partial charge in [0.25, 0.3) is 0 Å². The fraction of sp³-hybridized carbons (Fsp3) is 0.812. The molecule has 1 N–H and O–H groups in total. The summed E-state index contributed by atoms with van der Waals surface area (Å²) in [6.45, 7) is 14.7. The maximum atomic E-state index is 4.91. The van der Waals surface area contributed by atoms with Crippen molar-refractivity contribution in [3.05, 3.63) is 17.2 Å². The predicted octanol–water partition coefficient (Wildman–Crippen LogP) is 3.16. The van der Waals surface area contributed by atoms with Gasteiger partial charge < -0.3 is 9.88 Å². The van der Waals surface area contributed by atoms with Gasteiger partial charge in [0.2, 0.25) is 0 Å². The Kier molecular flexibility index (Phi) is 4.34. The fourth-order valence-electron chi connectivity index (χ4n) is 2.67. The van der Waals surface area contributed by atoms with E-state index in [1.807, 2.05) is 0 Å². The minimum absolute atomic E-state index is 0.352. The Labute approximate surface area is 117 Å². The number of nitrogens with zero attached hydrogens (tertiary/aromatic N) is 2. The van der Waals surface area contributed by atoms with Gasteiger partial charge in [0.15, 0.2) is 0 Å². The summed E-state index contributed by atoms with van der Waals surface area (Å²) in [7, 11) is 0. The molecule has 1 aliphatic heterocycles. The molecule has 1 aromatic rings. The maximum Gasteiger partial charge on any atom is 0.109 e. The topological polar surface area (TPSA) is 29.9 Å². The van der Waals surface area contributed by atoms with Crippen LogP contribution in [-0.4, -0.2) is 16.1 Å². The molecule has 0 aliphatic carbocycles. The Morgan fingerprint density at radius 3 is 2.74 bits per heavy atom. The zero-order valence-electron chi connectivity index (χ0n) is 13.2. The van der Waals surface area contributed by atoms with Crippen molar-refractivity contribution in [3.63, 3.8) is 0 Å². The van der Waals surface area contributed by atoms with Crippen molar-refractivity contribution in [1.29, 1.82) is 0 Å². The lowest BCUT2D eigenvalue weighted by molar-refractivity contribution is 0.284. The molecule has 0 radical (unpaired) electrons. The number of hydrogen-bond donors (Lipinski definition) is 1. The van der Waals surface area contributed by atoms with Crippen LogP contribution >= 0.6 is 0 Å². The van der Waals surface area contributed by atoms with Gasteiger partial charge >= 0.3 is 0 Å². The lowest BCUT2D eigenvalue weighted by Crippen LogP contribution is -2.27. The molecule has 3 heteroatoms. The van der Waals surface area contributed by atoms with Crippen LogP contribution in [0, 0.1) is 11.3 Å². The summed E-state index contributed by atoms with van der Waals surface area (Å²) in [6.07, 6.45) is 3.42. The summed E-state index contributed by atoms with van der Waals surface area (Å²) >= 11 is 0. The third-order valence-corrected chi connectivity index (χ3v) is 4.20. The van der Waals surface area contributed by atoms with E-state index in [0.717, 1.165) is 32.5 Å². The van der Waals surface area contributed by atoms with Gasteiger partial charge in [0, 0.05) is 38.2 Å². The highest BCUT2D eigenvalue weighted by Crippen LogP contribution is 2.27. The van der Waals surface area contributed by atoms with Crippen molar-refractivity contribution in [2.45, 2.75) is 67.0 Å². The first kappa shape index (κ1) is 14.6. The molecule has 0 aromatic carbocycles. The molecule has 0 spiro atoms. The highest BCUT2D eigenvalue weighted by molar-refractivity contribution is 5.21. The van der Waals surface area contributed by atoms with Crippen molar-refractivity contribution in [3.8, 4) is 0 Å². The molecule has 1 aliphatic rings.